The zero-order valence-corrected chi connectivity index (χ0v) is 10.3. The third-order valence-electron chi connectivity index (χ3n) is 2.58. The quantitative estimate of drug-likeness (QED) is 0.768. The minimum absolute atomic E-state index is 0.474. The van der Waals surface area contributed by atoms with Crippen molar-refractivity contribution < 1.29 is 14.3 Å². The predicted octanol–water partition coefficient (Wildman–Crippen LogP) is 3.61. The molecule has 3 nitrogen and oxygen atoms in total. The summed E-state index contributed by atoms with van der Waals surface area (Å²) in [5, 5.41) is 0. The van der Waals surface area contributed by atoms with Gasteiger partial charge in [0, 0.05) is 0 Å². The summed E-state index contributed by atoms with van der Waals surface area (Å²) in [6, 6.07) is 12.9. The standard InChI is InChI=1S/C15H14O3/c1-11-3-5-13(6-4-11)18-14-7-8-15(17-2)12(9-14)10-16/h3-10H,1-2H3. The molecular formula is C15H14O3. The van der Waals surface area contributed by atoms with Crippen LogP contribution < -0.4 is 9.47 Å². The summed E-state index contributed by atoms with van der Waals surface area (Å²) in [5.41, 5.74) is 1.65. The Morgan fingerprint density at radius 2 is 1.67 bits per heavy atom. The predicted molar refractivity (Wildman–Crippen MR) is 69.6 cm³/mol. The van der Waals surface area contributed by atoms with E-state index in [1.54, 1.807) is 18.2 Å². The second kappa shape index (κ2) is 5.36. The van der Waals surface area contributed by atoms with Crippen LogP contribution in [0.2, 0.25) is 0 Å². The number of hydrogen-bond acceptors (Lipinski definition) is 3. The van der Waals surface area contributed by atoms with Gasteiger partial charge in [0.05, 0.1) is 12.7 Å². The van der Waals surface area contributed by atoms with Crippen LogP contribution in [0.15, 0.2) is 42.5 Å². The molecule has 0 heterocycles. The maximum Gasteiger partial charge on any atom is 0.153 e. The number of aldehydes is 1. The summed E-state index contributed by atoms with van der Waals surface area (Å²) in [6.45, 7) is 2.02. The van der Waals surface area contributed by atoms with E-state index in [-0.39, 0.29) is 0 Å². The molecule has 0 spiro atoms. The Labute approximate surface area is 106 Å². The third-order valence-corrected chi connectivity index (χ3v) is 2.58. The highest BCUT2D eigenvalue weighted by Gasteiger charge is 2.04. The number of ether oxygens (including phenoxy) is 2. The van der Waals surface area contributed by atoms with E-state index in [4.69, 9.17) is 9.47 Å². The topological polar surface area (TPSA) is 35.5 Å². The molecule has 0 saturated heterocycles. The molecule has 0 saturated carbocycles. The summed E-state index contributed by atoms with van der Waals surface area (Å²) in [6.07, 6.45) is 0.751. The molecule has 2 rings (SSSR count). The molecule has 0 N–H and O–H groups in total. The van der Waals surface area contributed by atoms with Crippen LogP contribution in [0.4, 0.5) is 0 Å². The Balaban J connectivity index is 2.24. The first-order chi connectivity index (χ1) is 8.72. The monoisotopic (exact) mass is 242 g/mol. The van der Waals surface area contributed by atoms with Gasteiger partial charge in [-0.25, -0.2) is 0 Å². The van der Waals surface area contributed by atoms with Gasteiger partial charge in [-0.15, -0.1) is 0 Å². The zero-order valence-electron chi connectivity index (χ0n) is 10.3. The second-order valence-corrected chi connectivity index (χ2v) is 3.94. The molecule has 3 heteroatoms. The molecule has 0 aliphatic heterocycles. The molecule has 18 heavy (non-hydrogen) atoms. The van der Waals surface area contributed by atoms with Crippen molar-refractivity contribution in [3.05, 3.63) is 53.6 Å². The summed E-state index contributed by atoms with van der Waals surface area (Å²) in [7, 11) is 1.53. The molecule has 0 bridgehead atoms. The van der Waals surface area contributed by atoms with E-state index in [9.17, 15) is 4.79 Å². The van der Waals surface area contributed by atoms with Gasteiger partial charge in [-0.3, -0.25) is 4.79 Å². The van der Waals surface area contributed by atoms with Crippen LogP contribution >= 0.6 is 0 Å². The van der Waals surface area contributed by atoms with Crippen molar-refractivity contribution in [2.75, 3.05) is 7.11 Å². The van der Waals surface area contributed by atoms with Crippen molar-refractivity contribution in [2.45, 2.75) is 6.92 Å². The molecule has 0 aliphatic rings. The Morgan fingerprint density at radius 3 is 2.28 bits per heavy atom. The smallest absolute Gasteiger partial charge is 0.153 e. The van der Waals surface area contributed by atoms with E-state index in [1.165, 1.54) is 12.7 Å². The van der Waals surface area contributed by atoms with Crippen LogP contribution in [0.1, 0.15) is 15.9 Å². The lowest BCUT2D eigenvalue weighted by molar-refractivity contribution is 0.112. The summed E-state index contributed by atoms with van der Waals surface area (Å²) in [4.78, 5) is 10.9. The number of aryl methyl sites for hydroxylation is 1. The molecule has 0 radical (unpaired) electrons. The number of rotatable bonds is 4. The Morgan fingerprint density at radius 1 is 1.00 bits per heavy atom. The van der Waals surface area contributed by atoms with E-state index in [2.05, 4.69) is 0 Å². The first kappa shape index (κ1) is 12.2. The zero-order chi connectivity index (χ0) is 13.0. The van der Waals surface area contributed by atoms with Crippen LogP contribution in [0, 0.1) is 6.92 Å². The van der Waals surface area contributed by atoms with Crippen LogP contribution in [-0.2, 0) is 0 Å². The van der Waals surface area contributed by atoms with Crippen LogP contribution in [0.5, 0.6) is 17.2 Å². The van der Waals surface area contributed by atoms with Gasteiger partial charge in [0.2, 0.25) is 0 Å². The highest BCUT2D eigenvalue weighted by Crippen LogP contribution is 2.26. The van der Waals surface area contributed by atoms with Crippen LogP contribution in [0.3, 0.4) is 0 Å². The van der Waals surface area contributed by atoms with Crippen molar-refractivity contribution in [1.29, 1.82) is 0 Å². The molecule has 92 valence electrons. The number of hydrogen-bond donors (Lipinski definition) is 0. The normalized spacial score (nSPS) is 9.89. The Kier molecular flexibility index (Phi) is 3.63. The van der Waals surface area contributed by atoms with Crippen molar-refractivity contribution in [3.8, 4) is 17.2 Å². The van der Waals surface area contributed by atoms with E-state index in [1.807, 2.05) is 31.2 Å². The van der Waals surface area contributed by atoms with E-state index >= 15 is 0 Å². The fourth-order valence-corrected chi connectivity index (χ4v) is 1.61. The average Bonchev–Trinajstić information content (AvgIpc) is 2.41. The van der Waals surface area contributed by atoms with E-state index in [0.717, 1.165) is 12.0 Å². The highest BCUT2D eigenvalue weighted by atomic mass is 16.5. The van der Waals surface area contributed by atoms with Crippen LogP contribution in [-0.4, -0.2) is 13.4 Å². The van der Waals surface area contributed by atoms with Gasteiger partial charge < -0.3 is 9.47 Å². The lowest BCUT2D eigenvalue weighted by atomic mass is 10.2. The second-order valence-electron chi connectivity index (χ2n) is 3.94. The number of methoxy groups -OCH3 is 1. The summed E-state index contributed by atoms with van der Waals surface area (Å²) in [5.74, 6) is 1.89. The fraction of sp³-hybridized carbons (Fsp3) is 0.133. The number of benzene rings is 2. The first-order valence-electron chi connectivity index (χ1n) is 5.60. The molecular weight excluding hydrogens is 228 g/mol. The van der Waals surface area contributed by atoms with Crippen molar-refractivity contribution in [3.63, 3.8) is 0 Å². The molecule has 0 aromatic heterocycles. The van der Waals surface area contributed by atoms with Gasteiger partial charge in [-0.2, -0.15) is 0 Å². The van der Waals surface area contributed by atoms with Crippen LogP contribution in [0.25, 0.3) is 0 Å². The van der Waals surface area contributed by atoms with E-state index < -0.39 is 0 Å². The fourth-order valence-electron chi connectivity index (χ4n) is 1.61. The van der Waals surface area contributed by atoms with Gasteiger partial charge in [-0.05, 0) is 37.3 Å². The van der Waals surface area contributed by atoms with Crippen molar-refractivity contribution in [1.82, 2.24) is 0 Å². The molecule has 0 fully saturated rings. The SMILES string of the molecule is COc1ccc(Oc2ccc(C)cc2)cc1C=O. The van der Waals surface area contributed by atoms with Crippen molar-refractivity contribution in [2.24, 2.45) is 0 Å². The number of carbonyl (C=O) groups excluding carboxylic acids is 1. The van der Waals surface area contributed by atoms with Gasteiger partial charge >= 0.3 is 0 Å². The number of carbonyl (C=O) groups is 1. The largest absolute Gasteiger partial charge is 0.496 e. The summed E-state index contributed by atoms with van der Waals surface area (Å²) < 4.78 is 10.7. The first-order valence-corrected chi connectivity index (χ1v) is 5.60. The molecule has 0 atom stereocenters. The molecule has 2 aromatic rings. The molecule has 0 aliphatic carbocycles. The highest BCUT2D eigenvalue weighted by molar-refractivity contribution is 5.80. The van der Waals surface area contributed by atoms with E-state index in [0.29, 0.717) is 17.1 Å². The third kappa shape index (κ3) is 2.69. The molecule has 0 amide bonds. The minimum atomic E-state index is 0.474. The Hall–Kier alpha value is -2.29. The maximum atomic E-state index is 10.9. The molecule has 0 unspecified atom stereocenters. The van der Waals surface area contributed by atoms with Gasteiger partial charge in [0.1, 0.15) is 17.2 Å². The minimum Gasteiger partial charge on any atom is -0.496 e. The Bertz CT molecular complexity index is 544. The molecule has 2 aromatic carbocycles. The maximum absolute atomic E-state index is 10.9. The van der Waals surface area contributed by atoms with Gasteiger partial charge in [-0.1, -0.05) is 17.7 Å². The summed E-state index contributed by atoms with van der Waals surface area (Å²) >= 11 is 0. The van der Waals surface area contributed by atoms with Gasteiger partial charge in [0.15, 0.2) is 6.29 Å². The van der Waals surface area contributed by atoms with Gasteiger partial charge in [0.25, 0.3) is 0 Å². The average molecular weight is 242 g/mol. The lowest BCUT2D eigenvalue weighted by Crippen LogP contribution is -1.92. The van der Waals surface area contributed by atoms with Crippen molar-refractivity contribution >= 4 is 6.29 Å². The lowest BCUT2D eigenvalue weighted by Gasteiger charge is -2.08.